The van der Waals surface area contributed by atoms with Gasteiger partial charge in [-0.15, -0.1) is 0 Å². The van der Waals surface area contributed by atoms with Crippen LogP contribution in [0.5, 0.6) is 0 Å². The summed E-state index contributed by atoms with van der Waals surface area (Å²) in [6.45, 7) is 0. The number of carbonyl (C=O) groups excluding carboxylic acids is 2. The van der Waals surface area contributed by atoms with Crippen molar-refractivity contribution in [2.24, 2.45) is 14.1 Å². The Morgan fingerprint density at radius 3 is 2.20 bits per heavy atom. The average molecular weight is 590 g/mol. The first-order chi connectivity index (χ1) is 21.3. The highest BCUT2D eigenvalue weighted by atomic mass is 19.1. The number of aromatic amines is 1. The van der Waals surface area contributed by atoms with Gasteiger partial charge in [0.15, 0.2) is 0 Å². The van der Waals surface area contributed by atoms with E-state index in [9.17, 15) is 14.4 Å². The maximum atomic E-state index is 15.6. The summed E-state index contributed by atoms with van der Waals surface area (Å²) < 4.78 is 18.4. The summed E-state index contributed by atoms with van der Waals surface area (Å²) in [5.41, 5.74) is 2.79. The summed E-state index contributed by atoms with van der Waals surface area (Å²) >= 11 is 0. The molecule has 0 spiro atoms. The highest BCUT2D eigenvalue weighted by Gasteiger charge is 2.33. The SMILES string of the molecule is Cn1nccc1C(=O)N[C@H](C(=O)Nc1ccc(-c2cn(C)c(=O)c3[nH]ncc23)c(F)c1)C(c1ccccc1)c1ccccc1. The number of benzene rings is 3. The molecule has 0 aliphatic rings. The molecule has 220 valence electrons. The zero-order valence-corrected chi connectivity index (χ0v) is 23.9. The molecule has 6 rings (SSSR count). The third kappa shape index (κ3) is 5.38. The standard InChI is InChI=1S/C33H28FN7O3/c1-40-19-25(24-18-35-39-29(24)33(40)44)23-14-13-22(17-26(23)34)37-32(43)30(38-31(42)27-15-16-36-41(27)2)28(20-9-5-3-6-10-20)21-11-7-4-8-12-21/h3-19,28,30H,1-2H3,(H,35,39)(H,37,43)(H,38,42)/t30-/m0/s1. The molecule has 0 bridgehead atoms. The molecule has 0 saturated heterocycles. The molecule has 0 fully saturated rings. The predicted octanol–water partition coefficient (Wildman–Crippen LogP) is 4.37. The molecule has 3 heterocycles. The zero-order chi connectivity index (χ0) is 30.8. The summed E-state index contributed by atoms with van der Waals surface area (Å²) in [6.07, 6.45) is 4.53. The predicted molar refractivity (Wildman–Crippen MR) is 165 cm³/mol. The lowest BCUT2D eigenvalue weighted by molar-refractivity contribution is -0.118. The van der Waals surface area contributed by atoms with Gasteiger partial charge >= 0.3 is 0 Å². The topological polar surface area (TPSA) is 127 Å². The molecule has 0 aliphatic heterocycles. The van der Waals surface area contributed by atoms with Crippen LogP contribution >= 0.6 is 0 Å². The number of anilines is 1. The van der Waals surface area contributed by atoms with Gasteiger partial charge in [0.1, 0.15) is 23.1 Å². The first-order valence-electron chi connectivity index (χ1n) is 13.8. The molecule has 1 atom stereocenters. The molecule has 0 radical (unpaired) electrons. The molecular formula is C33H28FN7O3. The number of rotatable bonds is 8. The minimum Gasteiger partial charge on any atom is -0.338 e. The number of carbonyl (C=O) groups is 2. The maximum Gasteiger partial charge on any atom is 0.276 e. The average Bonchev–Trinajstić information content (AvgIpc) is 3.70. The molecule has 10 nitrogen and oxygen atoms in total. The van der Waals surface area contributed by atoms with Crippen molar-refractivity contribution in [2.75, 3.05) is 5.32 Å². The number of fused-ring (bicyclic) bond motifs is 1. The monoisotopic (exact) mass is 589 g/mol. The molecular weight excluding hydrogens is 561 g/mol. The molecule has 2 amide bonds. The molecule has 3 N–H and O–H groups in total. The normalized spacial score (nSPS) is 11.9. The zero-order valence-electron chi connectivity index (χ0n) is 23.9. The van der Waals surface area contributed by atoms with Crippen molar-refractivity contribution >= 4 is 28.4 Å². The van der Waals surface area contributed by atoms with E-state index in [1.54, 1.807) is 32.4 Å². The lowest BCUT2D eigenvalue weighted by Crippen LogP contribution is -2.48. The molecule has 11 heteroatoms. The van der Waals surface area contributed by atoms with Gasteiger partial charge in [-0.2, -0.15) is 10.2 Å². The highest BCUT2D eigenvalue weighted by molar-refractivity contribution is 6.02. The number of nitrogens with zero attached hydrogens (tertiary/aromatic N) is 4. The van der Waals surface area contributed by atoms with E-state index in [0.717, 1.165) is 11.1 Å². The van der Waals surface area contributed by atoms with Gasteiger partial charge in [-0.25, -0.2) is 4.39 Å². The fourth-order valence-corrected chi connectivity index (χ4v) is 5.41. The number of aryl methyl sites for hydroxylation is 2. The number of aromatic nitrogens is 5. The van der Waals surface area contributed by atoms with E-state index in [-0.39, 0.29) is 28.0 Å². The van der Waals surface area contributed by atoms with Crippen molar-refractivity contribution < 1.29 is 14.0 Å². The van der Waals surface area contributed by atoms with E-state index in [1.807, 2.05) is 60.7 Å². The Hall–Kier alpha value is -5.84. The van der Waals surface area contributed by atoms with Crippen LogP contribution in [-0.2, 0) is 18.9 Å². The van der Waals surface area contributed by atoms with Gasteiger partial charge in [0.05, 0.1) is 6.20 Å². The number of halogens is 1. The van der Waals surface area contributed by atoms with Crippen molar-refractivity contribution in [2.45, 2.75) is 12.0 Å². The Balaban J connectivity index is 1.37. The Bertz CT molecular complexity index is 1990. The number of hydrogen-bond donors (Lipinski definition) is 3. The summed E-state index contributed by atoms with van der Waals surface area (Å²) in [6, 6.07) is 23.6. The van der Waals surface area contributed by atoms with Crippen molar-refractivity contribution in [1.29, 1.82) is 0 Å². The van der Waals surface area contributed by atoms with Crippen LogP contribution in [0.25, 0.3) is 22.0 Å². The minimum absolute atomic E-state index is 0.198. The number of pyridine rings is 1. The lowest BCUT2D eigenvalue weighted by atomic mass is 9.84. The minimum atomic E-state index is -1.08. The van der Waals surface area contributed by atoms with Gasteiger partial charge in [-0.1, -0.05) is 60.7 Å². The van der Waals surface area contributed by atoms with Crippen LogP contribution in [0.4, 0.5) is 10.1 Å². The van der Waals surface area contributed by atoms with Crippen molar-refractivity contribution in [3.63, 3.8) is 0 Å². The fourth-order valence-electron chi connectivity index (χ4n) is 5.41. The van der Waals surface area contributed by atoms with Gasteiger partial charge < -0.3 is 15.2 Å². The lowest BCUT2D eigenvalue weighted by Gasteiger charge is -2.28. The molecule has 6 aromatic rings. The second kappa shape index (κ2) is 11.8. The number of H-pyrrole nitrogens is 1. The van der Waals surface area contributed by atoms with Crippen LogP contribution in [0.2, 0.25) is 0 Å². The first-order valence-corrected chi connectivity index (χ1v) is 13.8. The van der Waals surface area contributed by atoms with Crippen molar-refractivity contribution in [3.8, 4) is 11.1 Å². The van der Waals surface area contributed by atoms with E-state index in [4.69, 9.17) is 0 Å². The Morgan fingerprint density at radius 1 is 0.909 bits per heavy atom. The van der Waals surface area contributed by atoms with Crippen molar-refractivity contribution in [3.05, 3.63) is 137 Å². The molecule has 0 saturated carbocycles. The Labute approximate surface area is 251 Å². The summed E-state index contributed by atoms with van der Waals surface area (Å²) in [4.78, 5) is 39.9. The van der Waals surface area contributed by atoms with Gasteiger partial charge in [0.25, 0.3) is 11.5 Å². The van der Waals surface area contributed by atoms with Crippen LogP contribution in [0.1, 0.15) is 27.5 Å². The van der Waals surface area contributed by atoms with Gasteiger partial charge in [0.2, 0.25) is 5.91 Å². The second-order valence-corrected chi connectivity index (χ2v) is 10.4. The third-order valence-corrected chi connectivity index (χ3v) is 7.59. The molecule has 3 aromatic heterocycles. The van der Waals surface area contributed by atoms with Crippen LogP contribution in [-0.4, -0.2) is 42.4 Å². The summed E-state index contributed by atoms with van der Waals surface area (Å²) in [5.74, 6) is -2.20. The van der Waals surface area contributed by atoms with E-state index in [2.05, 4.69) is 25.9 Å². The maximum absolute atomic E-state index is 15.6. The van der Waals surface area contributed by atoms with Gasteiger partial charge in [0, 0.05) is 54.6 Å². The second-order valence-electron chi connectivity index (χ2n) is 10.4. The third-order valence-electron chi connectivity index (χ3n) is 7.59. The summed E-state index contributed by atoms with van der Waals surface area (Å²) in [7, 11) is 3.22. The van der Waals surface area contributed by atoms with E-state index >= 15 is 4.39 Å². The van der Waals surface area contributed by atoms with Crippen LogP contribution in [0, 0.1) is 5.82 Å². The van der Waals surface area contributed by atoms with E-state index < -0.39 is 29.6 Å². The van der Waals surface area contributed by atoms with Gasteiger partial charge in [-0.05, 0) is 35.4 Å². The quantitative estimate of drug-likeness (QED) is 0.243. The summed E-state index contributed by atoms with van der Waals surface area (Å²) in [5, 5.41) is 16.9. The first kappa shape index (κ1) is 28.3. The Morgan fingerprint density at radius 2 is 1.59 bits per heavy atom. The number of nitrogens with one attached hydrogen (secondary N) is 3. The Kier molecular flexibility index (Phi) is 7.59. The highest BCUT2D eigenvalue weighted by Crippen LogP contribution is 2.32. The number of amides is 2. The van der Waals surface area contributed by atoms with Crippen LogP contribution < -0.4 is 16.2 Å². The smallest absolute Gasteiger partial charge is 0.276 e. The fraction of sp³-hybridized carbons (Fsp3) is 0.121. The van der Waals surface area contributed by atoms with Crippen LogP contribution in [0.3, 0.4) is 0 Å². The van der Waals surface area contributed by atoms with Gasteiger partial charge in [-0.3, -0.25) is 24.2 Å². The molecule has 0 unspecified atom stereocenters. The van der Waals surface area contributed by atoms with E-state index in [0.29, 0.717) is 10.9 Å². The molecule has 44 heavy (non-hydrogen) atoms. The van der Waals surface area contributed by atoms with Crippen molar-refractivity contribution in [1.82, 2.24) is 29.9 Å². The van der Waals surface area contributed by atoms with Crippen LogP contribution in [0.15, 0.2) is 108 Å². The van der Waals surface area contributed by atoms with E-state index in [1.165, 1.54) is 33.8 Å². The number of hydrogen-bond acceptors (Lipinski definition) is 5. The largest absolute Gasteiger partial charge is 0.338 e. The molecule has 3 aromatic carbocycles. The molecule has 0 aliphatic carbocycles.